The number of nitrogens with zero attached hydrogens (tertiary/aromatic N) is 3. The molecule has 32 heavy (non-hydrogen) atoms. The lowest BCUT2D eigenvalue weighted by atomic mass is 9.86. The van der Waals surface area contributed by atoms with E-state index in [0.717, 1.165) is 16.7 Å². The highest BCUT2D eigenvalue weighted by Gasteiger charge is 2.20. The minimum atomic E-state index is -0.556. The maximum absolute atomic E-state index is 11.5. The number of aromatic amines is 1. The fourth-order valence-corrected chi connectivity index (χ4v) is 3.23. The van der Waals surface area contributed by atoms with Crippen LogP contribution in [0.15, 0.2) is 73.6 Å². The molecule has 158 valence electrons. The molecule has 7 heteroatoms. The number of nitriles is 1. The molecule has 7 nitrogen and oxygen atoms in total. The Morgan fingerprint density at radius 2 is 2.03 bits per heavy atom. The highest BCUT2D eigenvalue weighted by atomic mass is 16.5. The monoisotopic (exact) mass is 423 g/mol. The standard InChI is InChI=1S/C25H21N5O2/c1-4-21(31)29-18-6-5-7-19(12-18)32-22-14-28-24-23(30-22)20(13-27-24)16-8-10-17(11-9-16)25(2,3)15-26/h4-14H,1H2,2-3H3,(H,27,28)(H,29,31). The Bertz CT molecular complexity index is 1350. The average Bonchev–Trinajstić information content (AvgIpc) is 3.22. The molecule has 0 spiro atoms. The third-order valence-electron chi connectivity index (χ3n) is 5.07. The molecule has 0 bridgehead atoms. The average molecular weight is 423 g/mol. The third-order valence-corrected chi connectivity index (χ3v) is 5.07. The summed E-state index contributed by atoms with van der Waals surface area (Å²) in [6.07, 6.45) is 4.59. The molecule has 2 heterocycles. The van der Waals surface area contributed by atoms with Gasteiger partial charge in [0.25, 0.3) is 0 Å². The summed E-state index contributed by atoms with van der Waals surface area (Å²) in [5, 5.41) is 12.0. The maximum Gasteiger partial charge on any atom is 0.247 e. The first kappa shape index (κ1) is 20.8. The number of H-pyrrole nitrogens is 1. The molecule has 4 rings (SSSR count). The number of carbonyl (C=O) groups is 1. The van der Waals surface area contributed by atoms with E-state index in [9.17, 15) is 10.1 Å². The lowest BCUT2D eigenvalue weighted by Gasteiger charge is -2.15. The fourth-order valence-electron chi connectivity index (χ4n) is 3.23. The van der Waals surface area contributed by atoms with Crippen LogP contribution in [-0.4, -0.2) is 20.9 Å². The molecule has 0 aliphatic rings. The fraction of sp³-hybridized carbons (Fsp3) is 0.120. The van der Waals surface area contributed by atoms with Crippen molar-refractivity contribution >= 4 is 22.8 Å². The molecule has 0 radical (unpaired) electrons. The number of rotatable bonds is 6. The van der Waals surface area contributed by atoms with Gasteiger partial charge in [-0.3, -0.25) is 4.79 Å². The van der Waals surface area contributed by atoms with Gasteiger partial charge in [0.2, 0.25) is 11.8 Å². The molecule has 4 aromatic rings. The van der Waals surface area contributed by atoms with Gasteiger partial charge in [-0.15, -0.1) is 0 Å². The van der Waals surface area contributed by atoms with Crippen LogP contribution < -0.4 is 10.1 Å². The van der Waals surface area contributed by atoms with Crippen LogP contribution in [0.25, 0.3) is 22.3 Å². The molecular weight excluding hydrogens is 402 g/mol. The van der Waals surface area contributed by atoms with E-state index < -0.39 is 5.41 Å². The number of fused-ring (bicyclic) bond motifs is 1. The largest absolute Gasteiger partial charge is 0.437 e. The van der Waals surface area contributed by atoms with Gasteiger partial charge in [0.05, 0.1) is 17.7 Å². The van der Waals surface area contributed by atoms with Gasteiger partial charge in [-0.05, 0) is 43.2 Å². The molecule has 1 amide bonds. The molecule has 0 saturated carbocycles. The second-order valence-electron chi connectivity index (χ2n) is 7.75. The van der Waals surface area contributed by atoms with E-state index in [1.807, 2.05) is 44.3 Å². The van der Waals surface area contributed by atoms with Crippen LogP contribution in [0.3, 0.4) is 0 Å². The van der Waals surface area contributed by atoms with E-state index >= 15 is 0 Å². The van der Waals surface area contributed by atoms with Crippen molar-refractivity contribution in [3.05, 3.63) is 79.1 Å². The number of carbonyl (C=O) groups excluding carboxylic acids is 1. The topological polar surface area (TPSA) is 104 Å². The molecular formula is C25H21N5O2. The quantitative estimate of drug-likeness (QED) is 0.407. The highest BCUT2D eigenvalue weighted by Crippen LogP contribution is 2.31. The molecule has 2 N–H and O–H groups in total. The zero-order valence-corrected chi connectivity index (χ0v) is 17.7. The Morgan fingerprint density at radius 3 is 2.75 bits per heavy atom. The Hall–Kier alpha value is -4.44. The Labute approximate surface area is 185 Å². The SMILES string of the molecule is C=CC(=O)Nc1cccc(Oc2cnc3[nH]cc(-c4ccc(C(C)(C)C#N)cc4)c3n2)c1. The number of amides is 1. The molecule has 2 aromatic heterocycles. The molecule has 2 aromatic carbocycles. The van der Waals surface area contributed by atoms with E-state index in [2.05, 4.69) is 32.9 Å². The van der Waals surface area contributed by atoms with Gasteiger partial charge < -0.3 is 15.0 Å². The highest BCUT2D eigenvalue weighted by molar-refractivity contribution is 5.99. The van der Waals surface area contributed by atoms with Crippen molar-refractivity contribution in [3.8, 4) is 28.8 Å². The minimum absolute atomic E-state index is 0.301. The number of ether oxygens (including phenoxy) is 1. The summed E-state index contributed by atoms with van der Waals surface area (Å²) in [6.45, 7) is 7.23. The van der Waals surface area contributed by atoms with Gasteiger partial charge >= 0.3 is 0 Å². The van der Waals surface area contributed by atoms with Crippen LogP contribution in [-0.2, 0) is 10.2 Å². The summed E-state index contributed by atoms with van der Waals surface area (Å²) >= 11 is 0. The molecule has 0 fully saturated rings. The molecule has 0 aliphatic heterocycles. The van der Waals surface area contributed by atoms with Crippen molar-refractivity contribution in [1.29, 1.82) is 5.26 Å². The van der Waals surface area contributed by atoms with E-state index in [1.165, 1.54) is 12.3 Å². The minimum Gasteiger partial charge on any atom is -0.437 e. The first-order chi connectivity index (χ1) is 15.4. The predicted molar refractivity (Wildman–Crippen MR) is 123 cm³/mol. The summed E-state index contributed by atoms with van der Waals surface area (Å²) in [5.74, 6) is 0.540. The summed E-state index contributed by atoms with van der Waals surface area (Å²) in [5.41, 5.74) is 4.12. The second kappa shape index (κ2) is 8.36. The first-order valence-corrected chi connectivity index (χ1v) is 9.97. The summed E-state index contributed by atoms with van der Waals surface area (Å²) in [6, 6.07) is 17.1. The third kappa shape index (κ3) is 4.20. The van der Waals surface area contributed by atoms with Crippen LogP contribution in [0.1, 0.15) is 19.4 Å². The van der Waals surface area contributed by atoms with Gasteiger partial charge in [-0.1, -0.05) is 36.9 Å². The molecule has 0 saturated heterocycles. The zero-order valence-electron chi connectivity index (χ0n) is 17.7. The van der Waals surface area contributed by atoms with E-state index in [-0.39, 0.29) is 5.91 Å². The van der Waals surface area contributed by atoms with Crippen molar-refractivity contribution in [1.82, 2.24) is 15.0 Å². The van der Waals surface area contributed by atoms with Gasteiger partial charge in [0.1, 0.15) is 11.3 Å². The van der Waals surface area contributed by atoms with Gasteiger partial charge in [0.15, 0.2) is 5.65 Å². The number of nitrogens with one attached hydrogen (secondary N) is 2. The molecule has 0 atom stereocenters. The normalized spacial score (nSPS) is 11.0. The number of hydrogen-bond donors (Lipinski definition) is 2. The number of hydrogen-bond acceptors (Lipinski definition) is 5. The maximum atomic E-state index is 11.5. The lowest BCUT2D eigenvalue weighted by molar-refractivity contribution is -0.111. The first-order valence-electron chi connectivity index (χ1n) is 9.97. The summed E-state index contributed by atoms with van der Waals surface area (Å²) in [7, 11) is 0. The van der Waals surface area contributed by atoms with Crippen LogP contribution in [0.4, 0.5) is 5.69 Å². The van der Waals surface area contributed by atoms with Crippen LogP contribution in [0.2, 0.25) is 0 Å². The van der Waals surface area contributed by atoms with Crippen molar-refractivity contribution < 1.29 is 9.53 Å². The predicted octanol–water partition coefficient (Wildman–Crippen LogP) is 5.34. The van der Waals surface area contributed by atoms with Crippen molar-refractivity contribution in [2.75, 3.05) is 5.32 Å². The summed E-state index contributed by atoms with van der Waals surface area (Å²) in [4.78, 5) is 23.7. The Morgan fingerprint density at radius 1 is 1.25 bits per heavy atom. The van der Waals surface area contributed by atoms with Crippen molar-refractivity contribution in [3.63, 3.8) is 0 Å². The van der Waals surface area contributed by atoms with Crippen LogP contribution in [0, 0.1) is 11.3 Å². The number of aromatic nitrogens is 3. The van der Waals surface area contributed by atoms with E-state index in [1.54, 1.807) is 24.3 Å². The zero-order chi connectivity index (χ0) is 22.7. The van der Waals surface area contributed by atoms with Gasteiger partial charge in [-0.2, -0.15) is 5.26 Å². The van der Waals surface area contributed by atoms with Crippen molar-refractivity contribution in [2.24, 2.45) is 0 Å². The summed E-state index contributed by atoms with van der Waals surface area (Å²) < 4.78 is 5.88. The Kier molecular flexibility index (Phi) is 5.44. The molecule has 0 unspecified atom stereocenters. The number of benzene rings is 2. The lowest BCUT2D eigenvalue weighted by Crippen LogP contribution is -2.13. The Balaban J connectivity index is 1.63. The molecule has 0 aliphatic carbocycles. The number of anilines is 1. The smallest absolute Gasteiger partial charge is 0.247 e. The van der Waals surface area contributed by atoms with E-state index in [0.29, 0.717) is 28.5 Å². The van der Waals surface area contributed by atoms with E-state index in [4.69, 9.17) is 4.74 Å². The van der Waals surface area contributed by atoms with Gasteiger partial charge in [-0.25, -0.2) is 9.97 Å². The van der Waals surface area contributed by atoms with Crippen molar-refractivity contribution in [2.45, 2.75) is 19.3 Å². The van der Waals surface area contributed by atoms with Crippen LogP contribution in [0.5, 0.6) is 11.6 Å². The van der Waals surface area contributed by atoms with Crippen LogP contribution >= 0.6 is 0 Å². The second-order valence-corrected chi connectivity index (χ2v) is 7.75. The van der Waals surface area contributed by atoms with Gasteiger partial charge in [0, 0.05) is 23.5 Å².